The van der Waals surface area contributed by atoms with Gasteiger partial charge in [0.15, 0.2) is 0 Å². The van der Waals surface area contributed by atoms with Crippen LogP contribution in [0.25, 0.3) is 0 Å². The number of methoxy groups -OCH3 is 1. The summed E-state index contributed by atoms with van der Waals surface area (Å²) >= 11 is 0. The van der Waals surface area contributed by atoms with Crippen molar-refractivity contribution in [2.75, 3.05) is 17.1 Å². The first kappa shape index (κ1) is 18.7. The third-order valence-corrected chi connectivity index (χ3v) is 5.38. The Morgan fingerprint density at radius 1 is 1.00 bits per heavy atom. The van der Waals surface area contributed by atoms with E-state index in [0.717, 1.165) is 22.6 Å². The highest BCUT2D eigenvalue weighted by atomic mass is 32.2. The van der Waals surface area contributed by atoms with Gasteiger partial charge in [0.05, 0.1) is 23.9 Å². The van der Waals surface area contributed by atoms with Gasteiger partial charge in [-0.15, -0.1) is 0 Å². The van der Waals surface area contributed by atoms with Crippen LogP contribution in [-0.2, 0) is 16.6 Å². The molecule has 6 nitrogen and oxygen atoms in total. The number of benzene rings is 2. The predicted molar refractivity (Wildman–Crippen MR) is 107 cm³/mol. The maximum atomic E-state index is 12.4. The van der Waals surface area contributed by atoms with Crippen molar-refractivity contribution in [3.8, 4) is 5.75 Å². The van der Waals surface area contributed by atoms with Gasteiger partial charge in [-0.05, 0) is 37.3 Å². The number of hydrogen-bond donors (Lipinski definition) is 2. The van der Waals surface area contributed by atoms with Crippen LogP contribution in [0.1, 0.15) is 11.1 Å². The number of nitrogens with zero attached hydrogens (tertiary/aromatic N) is 1. The molecule has 3 aromatic rings. The molecule has 0 fully saturated rings. The lowest BCUT2D eigenvalue weighted by Crippen LogP contribution is -2.14. The van der Waals surface area contributed by atoms with Crippen LogP contribution in [0.5, 0.6) is 5.75 Å². The van der Waals surface area contributed by atoms with E-state index in [9.17, 15) is 8.42 Å². The highest BCUT2D eigenvalue weighted by Crippen LogP contribution is 2.20. The fourth-order valence-electron chi connectivity index (χ4n) is 2.52. The summed E-state index contributed by atoms with van der Waals surface area (Å²) in [5.41, 5.74) is 2.79. The van der Waals surface area contributed by atoms with E-state index in [1.807, 2.05) is 31.2 Å². The Morgan fingerprint density at radius 3 is 2.41 bits per heavy atom. The van der Waals surface area contributed by atoms with Gasteiger partial charge in [-0.2, -0.15) is 0 Å². The second kappa shape index (κ2) is 8.09. The molecule has 0 aliphatic rings. The van der Waals surface area contributed by atoms with E-state index < -0.39 is 10.0 Å². The second-order valence-electron chi connectivity index (χ2n) is 6.02. The molecule has 0 unspecified atom stereocenters. The lowest BCUT2D eigenvalue weighted by molar-refractivity contribution is 0.410. The number of para-hydroxylation sites is 1. The van der Waals surface area contributed by atoms with E-state index in [-0.39, 0.29) is 10.7 Å². The number of aromatic nitrogens is 1. The molecule has 0 saturated carbocycles. The van der Waals surface area contributed by atoms with Crippen molar-refractivity contribution in [2.45, 2.75) is 18.4 Å². The van der Waals surface area contributed by atoms with Gasteiger partial charge in [0.1, 0.15) is 11.6 Å². The highest BCUT2D eigenvalue weighted by Gasteiger charge is 2.14. The standard InChI is InChI=1S/C20H21N3O3S/c1-15-7-10-18(11-8-15)27(24,25)23-20-12-9-17(14-22-20)21-13-16-5-3-4-6-19(16)26-2/h3-12,14,21H,13H2,1-2H3,(H,22,23). The van der Waals surface area contributed by atoms with Gasteiger partial charge in [-0.1, -0.05) is 35.9 Å². The molecule has 0 radical (unpaired) electrons. The molecular weight excluding hydrogens is 362 g/mol. The summed E-state index contributed by atoms with van der Waals surface area (Å²) < 4.78 is 32.6. The summed E-state index contributed by atoms with van der Waals surface area (Å²) in [6.07, 6.45) is 1.59. The van der Waals surface area contributed by atoms with Gasteiger partial charge >= 0.3 is 0 Å². The highest BCUT2D eigenvalue weighted by molar-refractivity contribution is 7.92. The molecule has 27 heavy (non-hydrogen) atoms. The predicted octanol–water partition coefficient (Wildman–Crippen LogP) is 3.81. The van der Waals surface area contributed by atoms with Crippen LogP contribution in [0.3, 0.4) is 0 Å². The van der Waals surface area contributed by atoms with E-state index in [2.05, 4.69) is 15.0 Å². The molecule has 0 aliphatic carbocycles. The van der Waals surface area contributed by atoms with E-state index in [4.69, 9.17) is 4.74 Å². The first-order valence-corrected chi connectivity index (χ1v) is 9.87. The topological polar surface area (TPSA) is 80.3 Å². The quantitative estimate of drug-likeness (QED) is 0.648. The molecule has 0 atom stereocenters. The third kappa shape index (κ3) is 4.77. The Morgan fingerprint density at radius 2 is 1.74 bits per heavy atom. The monoisotopic (exact) mass is 383 g/mol. The van der Waals surface area contributed by atoms with Crippen LogP contribution in [0, 0.1) is 6.92 Å². The molecule has 2 N–H and O–H groups in total. The van der Waals surface area contributed by atoms with Crippen LogP contribution in [-0.4, -0.2) is 20.5 Å². The van der Waals surface area contributed by atoms with Gasteiger partial charge in [-0.3, -0.25) is 4.72 Å². The van der Waals surface area contributed by atoms with Gasteiger partial charge in [-0.25, -0.2) is 13.4 Å². The third-order valence-electron chi connectivity index (χ3n) is 4.01. The van der Waals surface area contributed by atoms with Crippen molar-refractivity contribution < 1.29 is 13.2 Å². The lowest BCUT2D eigenvalue weighted by Gasteiger charge is -2.11. The van der Waals surface area contributed by atoms with E-state index in [1.165, 1.54) is 0 Å². The average Bonchev–Trinajstić information content (AvgIpc) is 2.68. The molecule has 0 bridgehead atoms. The largest absolute Gasteiger partial charge is 0.496 e. The van der Waals surface area contributed by atoms with Crippen molar-refractivity contribution in [2.24, 2.45) is 0 Å². The molecule has 1 aromatic heterocycles. The molecule has 1 heterocycles. The second-order valence-corrected chi connectivity index (χ2v) is 7.70. The van der Waals surface area contributed by atoms with Crippen molar-refractivity contribution in [1.82, 2.24) is 4.98 Å². The Balaban J connectivity index is 1.65. The van der Waals surface area contributed by atoms with Crippen LogP contribution in [0.4, 0.5) is 11.5 Å². The summed E-state index contributed by atoms with van der Waals surface area (Å²) in [6, 6.07) is 17.8. The van der Waals surface area contributed by atoms with Crippen LogP contribution < -0.4 is 14.8 Å². The summed E-state index contributed by atoms with van der Waals surface area (Å²) in [5.74, 6) is 1.07. The van der Waals surface area contributed by atoms with Crippen molar-refractivity contribution in [1.29, 1.82) is 0 Å². The number of aryl methyl sites for hydroxylation is 1. The van der Waals surface area contributed by atoms with Crippen molar-refractivity contribution in [3.05, 3.63) is 78.0 Å². The molecule has 140 valence electrons. The minimum atomic E-state index is -3.66. The molecule has 0 spiro atoms. The minimum absolute atomic E-state index is 0.202. The number of hydrogen-bond acceptors (Lipinski definition) is 5. The van der Waals surface area contributed by atoms with Crippen LogP contribution in [0.15, 0.2) is 71.8 Å². The molecule has 0 aliphatic heterocycles. The molecule has 7 heteroatoms. The molecular formula is C20H21N3O3S. The number of anilines is 2. The maximum Gasteiger partial charge on any atom is 0.263 e. The lowest BCUT2D eigenvalue weighted by atomic mass is 10.2. The van der Waals surface area contributed by atoms with E-state index >= 15 is 0 Å². The van der Waals surface area contributed by atoms with E-state index in [0.29, 0.717) is 6.54 Å². The summed E-state index contributed by atoms with van der Waals surface area (Å²) in [6.45, 7) is 2.47. The number of ether oxygens (including phenoxy) is 1. The normalized spacial score (nSPS) is 11.0. The van der Waals surface area contributed by atoms with Gasteiger partial charge in [0, 0.05) is 12.1 Å². The fraction of sp³-hybridized carbons (Fsp3) is 0.150. The zero-order chi connectivity index (χ0) is 19.3. The maximum absolute atomic E-state index is 12.4. The number of pyridine rings is 1. The molecule has 2 aromatic carbocycles. The number of sulfonamides is 1. The van der Waals surface area contributed by atoms with Gasteiger partial charge < -0.3 is 10.1 Å². The Kier molecular flexibility index (Phi) is 5.61. The zero-order valence-corrected chi connectivity index (χ0v) is 16.0. The first-order chi connectivity index (χ1) is 13.0. The van der Waals surface area contributed by atoms with Crippen LogP contribution in [0.2, 0.25) is 0 Å². The SMILES string of the molecule is COc1ccccc1CNc1ccc(NS(=O)(=O)c2ccc(C)cc2)nc1. The summed E-state index contributed by atoms with van der Waals surface area (Å²) in [7, 11) is -2.02. The summed E-state index contributed by atoms with van der Waals surface area (Å²) in [5, 5.41) is 3.24. The zero-order valence-electron chi connectivity index (χ0n) is 15.1. The average molecular weight is 383 g/mol. The molecule has 0 saturated heterocycles. The minimum Gasteiger partial charge on any atom is -0.496 e. The molecule has 3 rings (SSSR count). The Labute approximate surface area is 159 Å². The fourth-order valence-corrected chi connectivity index (χ4v) is 3.53. The van der Waals surface area contributed by atoms with Crippen molar-refractivity contribution in [3.63, 3.8) is 0 Å². The first-order valence-electron chi connectivity index (χ1n) is 8.39. The van der Waals surface area contributed by atoms with E-state index in [1.54, 1.807) is 49.7 Å². The van der Waals surface area contributed by atoms with Crippen molar-refractivity contribution >= 4 is 21.5 Å². The summed E-state index contributed by atoms with van der Waals surface area (Å²) in [4.78, 5) is 4.38. The smallest absolute Gasteiger partial charge is 0.263 e. The number of nitrogens with one attached hydrogen (secondary N) is 2. The number of rotatable bonds is 7. The Bertz CT molecular complexity index is 1000. The van der Waals surface area contributed by atoms with Gasteiger partial charge in [0.2, 0.25) is 0 Å². The molecule has 0 amide bonds. The Hall–Kier alpha value is -3.06. The van der Waals surface area contributed by atoms with Crippen LogP contribution >= 0.6 is 0 Å². The van der Waals surface area contributed by atoms with Gasteiger partial charge in [0.25, 0.3) is 10.0 Å².